The summed E-state index contributed by atoms with van der Waals surface area (Å²) in [6, 6.07) is 7.33. The van der Waals surface area contributed by atoms with Crippen molar-refractivity contribution in [1.29, 1.82) is 0 Å². The van der Waals surface area contributed by atoms with E-state index in [1.54, 1.807) is 7.11 Å². The number of nitro groups is 1. The average Bonchev–Trinajstić information content (AvgIpc) is 2.94. The Hall–Kier alpha value is -2.61. The topological polar surface area (TPSA) is 102 Å². The van der Waals surface area contributed by atoms with Gasteiger partial charge in [-0.25, -0.2) is 0 Å². The second-order valence-corrected chi connectivity index (χ2v) is 4.44. The maximum absolute atomic E-state index is 10.5. The first-order valence-electron chi connectivity index (χ1n) is 6.31. The van der Waals surface area contributed by atoms with E-state index in [1.165, 1.54) is 10.9 Å². The number of aliphatic hydroxyl groups excluding tert-OH is 1. The zero-order chi connectivity index (χ0) is 15.2. The number of aliphatic hydroxyl groups is 1. The van der Waals surface area contributed by atoms with E-state index < -0.39 is 11.0 Å². The van der Waals surface area contributed by atoms with Crippen LogP contribution in [0.4, 0.5) is 11.4 Å². The summed E-state index contributed by atoms with van der Waals surface area (Å²) in [5, 5.41) is 27.3. The minimum Gasteiger partial charge on any atom is -0.497 e. The molecule has 1 aromatic heterocycles. The lowest BCUT2D eigenvalue weighted by atomic mass is 10.3. The zero-order valence-electron chi connectivity index (χ0n) is 11.5. The third kappa shape index (κ3) is 4.18. The Morgan fingerprint density at radius 3 is 3.05 bits per heavy atom. The molecule has 0 saturated carbocycles. The number of hydrogen-bond acceptors (Lipinski definition) is 6. The summed E-state index contributed by atoms with van der Waals surface area (Å²) in [6.07, 6.45) is 1.72. The highest BCUT2D eigenvalue weighted by atomic mass is 16.6. The molecule has 0 saturated heterocycles. The van der Waals surface area contributed by atoms with Crippen molar-refractivity contribution in [2.45, 2.75) is 12.6 Å². The predicted octanol–water partition coefficient (Wildman–Crippen LogP) is 1.27. The SMILES string of the molecule is COc1cccc(NCC(O)Cn2cc([N+](=O)[O-])cn2)c1. The highest BCUT2D eigenvalue weighted by molar-refractivity contribution is 5.48. The van der Waals surface area contributed by atoms with Crippen LogP contribution in [0, 0.1) is 10.1 Å². The molecule has 112 valence electrons. The van der Waals surface area contributed by atoms with Gasteiger partial charge in [0, 0.05) is 18.3 Å². The second-order valence-electron chi connectivity index (χ2n) is 4.44. The number of anilines is 1. The van der Waals surface area contributed by atoms with Crippen LogP contribution in [-0.2, 0) is 6.54 Å². The molecule has 1 unspecified atom stereocenters. The number of nitrogens with one attached hydrogen (secondary N) is 1. The molecule has 0 bridgehead atoms. The summed E-state index contributed by atoms with van der Waals surface area (Å²) in [5.41, 5.74) is 0.725. The van der Waals surface area contributed by atoms with Crippen molar-refractivity contribution in [3.8, 4) is 5.75 Å². The zero-order valence-corrected chi connectivity index (χ0v) is 11.5. The summed E-state index contributed by atoms with van der Waals surface area (Å²) in [5.74, 6) is 0.720. The molecule has 2 aromatic rings. The van der Waals surface area contributed by atoms with E-state index in [9.17, 15) is 15.2 Å². The van der Waals surface area contributed by atoms with E-state index in [4.69, 9.17) is 4.74 Å². The van der Waals surface area contributed by atoms with Gasteiger partial charge in [0.1, 0.15) is 18.1 Å². The van der Waals surface area contributed by atoms with Gasteiger partial charge in [0.2, 0.25) is 0 Å². The maximum Gasteiger partial charge on any atom is 0.306 e. The van der Waals surface area contributed by atoms with Crippen molar-refractivity contribution in [1.82, 2.24) is 9.78 Å². The molecule has 8 heteroatoms. The van der Waals surface area contributed by atoms with Gasteiger partial charge < -0.3 is 15.2 Å². The quantitative estimate of drug-likeness (QED) is 0.588. The fourth-order valence-corrected chi connectivity index (χ4v) is 1.80. The van der Waals surface area contributed by atoms with E-state index in [-0.39, 0.29) is 12.2 Å². The normalized spacial score (nSPS) is 11.9. The van der Waals surface area contributed by atoms with Crippen molar-refractivity contribution in [2.75, 3.05) is 19.0 Å². The largest absolute Gasteiger partial charge is 0.497 e. The molecule has 0 fully saturated rings. The number of ether oxygens (including phenoxy) is 1. The van der Waals surface area contributed by atoms with Gasteiger partial charge >= 0.3 is 5.69 Å². The molecule has 2 rings (SSSR count). The molecule has 21 heavy (non-hydrogen) atoms. The fourth-order valence-electron chi connectivity index (χ4n) is 1.80. The number of rotatable bonds is 7. The molecular weight excluding hydrogens is 276 g/mol. The van der Waals surface area contributed by atoms with Gasteiger partial charge in [-0.1, -0.05) is 6.07 Å². The van der Waals surface area contributed by atoms with Crippen molar-refractivity contribution in [3.05, 3.63) is 46.8 Å². The molecule has 0 radical (unpaired) electrons. The van der Waals surface area contributed by atoms with E-state index in [0.717, 1.165) is 17.6 Å². The molecule has 0 aliphatic carbocycles. The van der Waals surface area contributed by atoms with Gasteiger partial charge in [0.25, 0.3) is 0 Å². The molecule has 0 aliphatic heterocycles. The van der Waals surface area contributed by atoms with Crippen LogP contribution in [0.1, 0.15) is 0 Å². The van der Waals surface area contributed by atoms with Gasteiger partial charge in [-0.3, -0.25) is 14.8 Å². The van der Waals surface area contributed by atoms with E-state index >= 15 is 0 Å². The van der Waals surface area contributed by atoms with E-state index in [0.29, 0.717) is 6.54 Å². The smallest absolute Gasteiger partial charge is 0.306 e. The molecule has 2 N–H and O–H groups in total. The van der Waals surface area contributed by atoms with Crippen LogP contribution in [0.3, 0.4) is 0 Å². The Balaban J connectivity index is 1.86. The molecule has 1 aromatic carbocycles. The van der Waals surface area contributed by atoms with Gasteiger partial charge in [-0.15, -0.1) is 0 Å². The summed E-state index contributed by atoms with van der Waals surface area (Å²) < 4.78 is 6.45. The van der Waals surface area contributed by atoms with Crippen LogP contribution >= 0.6 is 0 Å². The maximum atomic E-state index is 10.5. The Morgan fingerprint density at radius 1 is 1.57 bits per heavy atom. The van der Waals surface area contributed by atoms with E-state index in [2.05, 4.69) is 10.4 Å². The van der Waals surface area contributed by atoms with Crippen molar-refractivity contribution < 1.29 is 14.8 Å². The summed E-state index contributed by atoms with van der Waals surface area (Å²) in [7, 11) is 1.58. The summed E-state index contributed by atoms with van der Waals surface area (Å²) in [6.45, 7) is 0.464. The Kier molecular flexibility index (Phi) is 4.72. The minimum atomic E-state index is -0.726. The monoisotopic (exact) mass is 292 g/mol. The van der Waals surface area contributed by atoms with Gasteiger partial charge in [-0.05, 0) is 12.1 Å². The summed E-state index contributed by atoms with van der Waals surface area (Å²) in [4.78, 5) is 10.0. The van der Waals surface area contributed by atoms with E-state index in [1.807, 2.05) is 24.3 Å². The lowest BCUT2D eigenvalue weighted by molar-refractivity contribution is -0.385. The predicted molar refractivity (Wildman–Crippen MR) is 76.4 cm³/mol. The molecular formula is C13H16N4O4. The molecule has 1 atom stereocenters. The third-order valence-corrected chi connectivity index (χ3v) is 2.84. The van der Waals surface area contributed by atoms with Crippen LogP contribution in [0.5, 0.6) is 5.75 Å². The summed E-state index contributed by atoms with van der Waals surface area (Å²) >= 11 is 0. The molecule has 0 aliphatic rings. The van der Waals surface area contributed by atoms with Gasteiger partial charge in [-0.2, -0.15) is 5.10 Å². The van der Waals surface area contributed by atoms with Crippen LogP contribution < -0.4 is 10.1 Å². The van der Waals surface area contributed by atoms with Crippen LogP contribution in [0.2, 0.25) is 0 Å². The van der Waals surface area contributed by atoms with Crippen LogP contribution in [0.25, 0.3) is 0 Å². The van der Waals surface area contributed by atoms with Gasteiger partial charge in [0.15, 0.2) is 0 Å². The standard InChI is InChI=1S/C13H16N4O4/c1-21-13-4-2-3-10(5-13)14-7-12(18)9-16-8-11(6-15-16)17(19)20/h2-6,8,12,14,18H,7,9H2,1H3. The second kappa shape index (κ2) is 6.71. The number of hydrogen-bond donors (Lipinski definition) is 2. The number of methoxy groups -OCH3 is 1. The highest BCUT2D eigenvalue weighted by Gasteiger charge is 2.11. The Morgan fingerprint density at radius 2 is 2.38 bits per heavy atom. The lowest BCUT2D eigenvalue weighted by Crippen LogP contribution is -2.25. The lowest BCUT2D eigenvalue weighted by Gasteiger charge is -2.13. The molecule has 0 amide bonds. The van der Waals surface area contributed by atoms with Crippen molar-refractivity contribution in [2.24, 2.45) is 0 Å². The third-order valence-electron chi connectivity index (χ3n) is 2.84. The average molecular weight is 292 g/mol. The number of aromatic nitrogens is 2. The Bertz CT molecular complexity index is 614. The first-order valence-corrected chi connectivity index (χ1v) is 6.31. The van der Waals surface area contributed by atoms with Crippen molar-refractivity contribution in [3.63, 3.8) is 0 Å². The van der Waals surface area contributed by atoms with Crippen LogP contribution in [-0.4, -0.2) is 39.6 Å². The number of nitrogens with zero attached hydrogens (tertiary/aromatic N) is 3. The fraction of sp³-hybridized carbons (Fsp3) is 0.308. The molecule has 1 heterocycles. The minimum absolute atomic E-state index is 0.0945. The van der Waals surface area contributed by atoms with Crippen LogP contribution in [0.15, 0.2) is 36.7 Å². The van der Waals surface area contributed by atoms with Crippen molar-refractivity contribution >= 4 is 11.4 Å². The first kappa shape index (κ1) is 14.8. The molecule has 0 spiro atoms. The highest BCUT2D eigenvalue weighted by Crippen LogP contribution is 2.16. The molecule has 8 nitrogen and oxygen atoms in total. The number of benzene rings is 1. The van der Waals surface area contributed by atoms with Gasteiger partial charge in [0.05, 0.1) is 24.7 Å². The Labute approximate surface area is 121 Å². The first-order chi connectivity index (χ1) is 10.1.